The van der Waals surface area contributed by atoms with Crippen LogP contribution in [-0.2, 0) is 0 Å². The fraction of sp³-hybridized carbons (Fsp3) is 1.00. The van der Waals surface area contributed by atoms with Crippen molar-refractivity contribution in [2.75, 3.05) is 7.05 Å². The molecule has 0 aliphatic rings. The summed E-state index contributed by atoms with van der Waals surface area (Å²) in [5, 5.41) is 3.24. The summed E-state index contributed by atoms with van der Waals surface area (Å²) >= 11 is 0. The Morgan fingerprint density at radius 2 is 1.90 bits per heavy atom. The van der Waals surface area contributed by atoms with Crippen LogP contribution in [0.2, 0.25) is 0 Å². The molecule has 1 N–H and O–H groups in total. The number of unbranched alkanes of at least 4 members (excludes halogenated alkanes) is 3. The molecule has 0 fully saturated rings. The van der Waals surface area contributed by atoms with E-state index in [0.29, 0.717) is 6.04 Å². The molecule has 0 aliphatic heterocycles. The Kier molecular flexibility index (Phi) is 7.04. The molecule has 0 aliphatic carbocycles. The molecule has 0 bridgehead atoms. The van der Waals surface area contributed by atoms with E-state index < -0.39 is 0 Å². The smallest absolute Gasteiger partial charge is 0.00357 e. The quantitative estimate of drug-likeness (QED) is 0.563. The molecule has 1 nitrogen and oxygen atoms in total. The van der Waals surface area contributed by atoms with E-state index in [2.05, 4.69) is 19.2 Å². The van der Waals surface area contributed by atoms with E-state index in [-0.39, 0.29) is 0 Å². The summed E-state index contributed by atoms with van der Waals surface area (Å²) in [6.07, 6.45) is 6.86. The zero-order chi connectivity index (χ0) is 7.82. The maximum absolute atomic E-state index is 3.24. The van der Waals surface area contributed by atoms with Crippen LogP contribution in [0.4, 0.5) is 0 Å². The van der Waals surface area contributed by atoms with E-state index in [1.807, 2.05) is 7.05 Å². The lowest BCUT2D eigenvalue weighted by atomic mass is 10.1. The van der Waals surface area contributed by atoms with E-state index in [0.717, 1.165) is 0 Å². The second-order valence-electron chi connectivity index (χ2n) is 3.04. The second kappa shape index (κ2) is 7.07. The molecule has 62 valence electrons. The van der Waals surface area contributed by atoms with Crippen LogP contribution in [0.3, 0.4) is 0 Å². The molecule has 0 rings (SSSR count). The van der Waals surface area contributed by atoms with E-state index in [4.69, 9.17) is 0 Å². The van der Waals surface area contributed by atoms with Crippen molar-refractivity contribution in [2.45, 2.75) is 52.0 Å². The fourth-order valence-corrected chi connectivity index (χ4v) is 1.02. The second-order valence-corrected chi connectivity index (χ2v) is 3.04. The Morgan fingerprint density at radius 3 is 2.40 bits per heavy atom. The van der Waals surface area contributed by atoms with Crippen molar-refractivity contribution in [2.24, 2.45) is 0 Å². The lowest BCUT2D eigenvalue weighted by molar-refractivity contribution is 0.518. The highest BCUT2D eigenvalue weighted by molar-refractivity contribution is 4.56. The van der Waals surface area contributed by atoms with Crippen molar-refractivity contribution in [3.63, 3.8) is 0 Å². The Labute approximate surface area is 65.2 Å². The van der Waals surface area contributed by atoms with Gasteiger partial charge in [-0.05, 0) is 20.4 Å². The van der Waals surface area contributed by atoms with Crippen molar-refractivity contribution in [1.82, 2.24) is 5.32 Å². The first-order valence-electron chi connectivity index (χ1n) is 4.48. The molecule has 1 heteroatoms. The molecule has 0 amide bonds. The van der Waals surface area contributed by atoms with Crippen LogP contribution in [0.15, 0.2) is 0 Å². The Morgan fingerprint density at radius 1 is 1.20 bits per heavy atom. The topological polar surface area (TPSA) is 12.0 Å². The first-order valence-corrected chi connectivity index (χ1v) is 4.48. The Bertz CT molecular complexity index is 61.7. The monoisotopic (exact) mass is 143 g/mol. The molecule has 0 saturated heterocycles. The number of hydrogen-bond acceptors (Lipinski definition) is 1. The van der Waals surface area contributed by atoms with Gasteiger partial charge in [0.1, 0.15) is 0 Å². The summed E-state index contributed by atoms with van der Waals surface area (Å²) in [4.78, 5) is 0. The highest BCUT2D eigenvalue weighted by Crippen LogP contribution is 2.04. The number of rotatable bonds is 6. The molecule has 1 atom stereocenters. The third kappa shape index (κ3) is 6.09. The van der Waals surface area contributed by atoms with Crippen LogP contribution in [0.25, 0.3) is 0 Å². The van der Waals surface area contributed by atoms with E-state index in [1.54, 1.807) is 0 Å². The van der Waals surface area contributed by atoms with E-state index in [9.17, 15) is 0 Å². The molecule has 0 saturated carbocycles. The molecular formula is C9H21N. The van der Waals surface area contributed by atoms with Gasteiger partial charge in [0.05, 0.1) is 0 Å². The normalized spacial score (nSPS) is 13.5. The molecule has 0 aromatic heterocycles. The predicted molar refractivity (Wildman–Crippen MR) is 47.3 cm³/mol. The van der Waals surface area contributed by atoms with Crippen LogP contribution in [0, 0.1) is 0 Å². The standard InChI is InChI=1S/C9H21N/c1-4-5-6-7-8-9(2)10-3/h9-10H,4-8H2,1-3H3. The maximum atomic E-state index is 3.24. The van der Waals surface area contributed by atoms with Crippen molar-refractivity contribution in [3.8, 4) is 0 Å². The van der Waals surface area contributed by atoms with Crippen LogP contribution in [0.5, 0.6) is 0 Å². The largest absolute Gasteiger partial charge is 0.317 e. The summed E-state index contributed by atoms with van der Waals surface area (Å²) in [5.74, 6) is 0. The van der Waals surface area contributed by atoms with Gasteiger partial charge in [-0.2, -0.15) is 0 Å². The van der Waals surface area contributed by atoms with E-state index in [1.165, 1.54) is 32.1 Å². The molecule has 0 radical (unpaired) electrons. The summed E-state index contributed by atoms with van der Waals surface area (Å²) in [5.41, 5.74) is 0. The van der Waals surface area contributed by atoms with Crippen LogP contribution >= 0.6 is 0 Å². The maximum Gasteiger partial charge on any atom is 0.00357 e. The molecule has 10 heavy (non-hydrogen) atoms. The minimum absolute atomic E-state index is 0.705. The summed E-state index contributed by atoms with van der Waals surface area (Å²) < 4.78 is 0. The highest BCUT2D eigenvalue weighted by atomic mass is 14.8. The first kappa shape index (κ1) is 9.96. The molecule has 1 unspecified atom stereocenters. The summed E-state index contributed by atoms with van der Waals surface area (Å²) in [6, 6.07) is 0.705. The van der Waals surface area contributed by atoms with Gasteiger partial charge in [-0.3, -0.25) is 0 Å². The van der Waals surface area contributed by atoms with Gasteiger partial charge in [-0.25, -0.2) is 0 Å². The van der Waals surface area contributed by atoms with Gasteiger partial charge in [0.15, 0.2) is 0 Å². The number of hydrogen-bond donors (Lipinski definition) is 1. The Balaban J connectivity index is 2.89. The molecule has 0 aromatic carbocycles. The highest BCUT2D eigenvalue weighted by Gasteiger charge is 1.95. The van der Waals surface area contributed by atoms with Crippen molar-refractivity contribution >= 4 is 0 Å². The lowest BCUT2D eigenvalue weighted by Crippen LogP contribution is -2.20. The van der Waals surface area contributed by atoms with Gasteiger partial charge < -0.3 is 5.32 Å². The lowest BCUT2D eigenvalue weighted by Gasteiger charge is -2.08. The summed E-state index contributed by atoms with van der Waals surface area (Å²) in [7, 11) is 2.03. The van der Waals surface area contributed by atoms with Crippen LogP contribution in [-0.4, -0.2) is 13.1 Å². The zero-order valence-electron chi connectivity index (χ0n) is 7.61. The average Bonchev–Trinajstić information content (AvgIpc) is 1.98. The van der Waals surface area contributed by atoms with Gasteiger partial charge in [-0.1, -0.05) is 32.6 Å². The SMILES string of the molecule is CCCCCCC(C)NC. The van der Waals surface area contributed by atoms with Gasteiger partial charge >= 0.3 is 0 Å². The van der Waals surface area contributed by atoms with Crippen molar-refractivity contribution < 1.29 is 0 Å². The molecular weight excluding hydrogens is 122 g/mol. The van der Waals surface area contributed by atoms with Crippen LogP contribution < -0.4 is 5.32 Å². The summed E-state index contributed by atoms with van der Waals surface area (Å²) in [6.45, 7) is 4.49. The third-order valence-corrected chi connectivity index (χ3v) is 1.98. The minimum Gasteiger partial charge on any atom is -0.317 e. The molecule has 0 heterocycles. The van der Waals surface area contributed by atoms with Gasteiger partial charge in [0.25, 0.3) is 0 Å². The van der Waals surface area contributed by atoms with Crippen LogP contribution in [0.1, 0.15) is 46.0 Å². The number of nitrogens with one attached hydrogen (secondary N) is 1. The predicted octanol–water partition coefficient (Wildman–Crippen LogP) is 2.56. The first-order chi connectivity index (χ1) is 4.81. The fourth-order valence-electron chi connectivity index (χ4n) is 1.02. The minimum atomic E-state index is 0.705. The van der Waals surface area contributed by atoms with E-state index >= 15 is 0 Å². The van der Waals surface area contributed by atoms with Gasteiger partial charge in [0, 0.05) is 6.04 Å². The molecule has 0 aromatic rings. The molecule has 0 spiro atoms. The third-order valence-electron chi connectivity index (χ3n) is 1.98. The van der Waals surface area contributed by atoms with Crippen molar-refractivity contribution in [1.29, 1.82) is 0 Å². The van der Waals surface area contributed by atoms with Crippen molar-refractivity contribution in [3.05, 3.63) is 0 Å². The zero-order valence-corrected chi connectivity index (χ0v) is 7.61. The average molecular weight is 143 g/mol. The van der Waals surface area contributed by atoms with Gasteiger partial charge in [0.2, 0.25) is 0 Å². The Hall–Kier alpha value is -0.0400. The van der Waals surface area contributed by atoms with Gasteiger partial charge in [-0.15, -0.1) is 0 Å².